The predicted molar refractivity (Wildman–Crippen MR) is 91.3 cm³/mol. The van der Waals surface area contributed by atoms with Crippen LogP contribution in [0.2, 0.25) is 5.02 Å². The van der Waals surface area contributed by atoms with E-state index in [4.69, 9.17) is 28.6 Å². The Hall–Kier alpha value is -1.97. The molecule has 10 heteroatoms. The SMILES string of the molecule is COc1cc(C)nc(NC(=S)NS(=O)(=O)c2ccccc2Cl)n1. The Morgan fingerprint density at radius 3 is 2.65 bits per heavy atom. The summed E-state index contributed by atoms with van der Waals surface area (Å²) in [4.78, 5) is 8.04. The number of aromatic nitrogens is 2. The Balaban J connectivity index is 2.16. The number of aryl methyl sites for hydroxylation is 1. The number of rotatable bonds is 4. The molecule has 1 aromatic carbocycles. The fourth-order valence-electron chi connectivity index (χ4n) is 1.67. The average molecular weight is 373 g/mol. The Labute approximate surface area is 144 Å². The monoisotopic (exact) mass is 372 g/mol. The summed E-state index contributed by atoms with van der Waals surface area (Å²) in [6.07, 6.45) is 0. The first kappa shape index (κ1) is 17.4. The molecule has 122 valence electrons. The standard InChI is InChI=1S/C13H13ClN4O3S2/c1-8-7-11(21-2)16-12(15-8)17-13(22)18-23(19,20)10-6-4-3-5-9(10)14/h3-7H,1-2H3,(H2,15,16,17,18,22). The molecule has 1 aromatic heterocycles. The van der Waals surface area contributed by atoms with E-state index in [0.29, 0.717) is 11.6 Å². The number of ether oxygens (including phenoxy) is 1. The zero-order valence-corrected chi connectivity index (χ0v) is 14.6. The largest absolute Gasteiger partial charge is 0.481 e. The fraction of sp³-hybridized carbons (Fsp3) is 0.154. The van der Waals surface area contributed by atoms with Crippen LogP contribution in [0.25, 0.3) is 0 Å². The molecule has 0 bridgehead atoms. The van der Waals surface area contributed by atoms with Gasteiger partial charge in [-0.2, -0.15) is 4.98 Å². The summed E-state index contributed by atoms with van der Waals surface area (Å²) in [7, 11) is -2.45. The number of halogens is 1. The molecule has 0 atom stereocenters. The zero-order valence-electron chi connectivity index (χ0n) is 12.2. The van der Waals surface area contributed by atoms with Gasteiger partial charge >= 0.3 is 0 Å². The van der Waals surface area contributed by atoms with Crippen molar-refractivity contribution in [2.24, 2.45) is 0 Å². The van der Waals surface area contributed by atoms with Crippen molar-refractivity contribution in [3.8, 4) is 5.88 Å². The van der Waals surface area contributed by atoms with Gasteiger partial charge in [0, 0.05) is 11.8 Å². The summed E-state index contributed by atoms with van der Waals surface area (Å²) < 4.78 is 31.7. The number of thiocarbonyl (C=S) groups is 1. The summed E-state index contributed by atoms with van der Waals surface area (Å²) in [6, 6.07) is 7.67. The minimum absolute atomic E-state index is 0.0754. The molecule has 0 amide bonds. The van der Waals surface area contributed by atoms with Crippen molar-refractivity contribution in [1.82, 2.24) is 14.7 Å². The number of nitrogens with zero attached hydrogens (tertiary/aromatic N) is 2. The van der Waals surface area contributed by atoms with E-state index >= 15 is 0 Å². The molecule has 7 nitrogen and oxygen atoms in total. The summed E-state index contributed by atoms with van der Waals surface area (Å²) in [6.45, 7) is 1.74. The second kappa shape index (κ2) is 7.07. The van der Waals surface area contributed by atoms with Crippen molar-refractivity contribution in [3.05, 3.63) is 41.0 Å². The van der Waals surface area contributed by atoms with Crippen LogP contribution in [0.4, 0.5) is 5.95 Å². The smallest absolute Gasteiger partial charge is 0.265 e. The van der Waals surface area contributed by atoms with Crippen LogP contribution < -0.4 is 14.8 Å². The molecule has 2 aromatic rings. The Kier molecular flexibility index (Phi) is 5.34. The van der Waals surface area contributed by atoms with Crippen molar-refractivity contribution in [1.29, 1.82) is 0 Å². The number of anilines is 1. The van der Waals surface area contributed by atoms with Gasteiger partial charge in [0.25, 0.3) is 10.0 Å². The number of benzene rings is 1. The highest BCUT2D eigenvalue weighted by Gasteiger charge is 2.19. The molecule has 0 spiro atoms. The number of nitrogens with one attached hydrogen (secondary N) is 2. The fourth-order valence-corrected chi connectivity index (χ4v) is 3.52. The maximum atomic E-state index is 12.3. The van der Waals surface area contributed by atoms with Crippen molar-refractivity contribution in [3.63, 3.8) is 0 Å². The highest BCUT2D eigenvalue weighted by Crippen LogP contribution is 2.20. The van der Waals surface area contributed by atoms with Crippen molar-refractivity contribution < 1.29 is 13.2 Å². The van der Waals surface area contributed by atoms with Crippen LogP contribution in [-0.2, 0) is 10.0 Å². The molecule has 0 aliphatic carbocycles. The maximum absolute atomic E-state index is 12.3. The summed E-state index contributed by atoms with van der Waals surface area (Å²) in [5.74, 6) is 0.450. The van der Waals surface area contributed by atoms with Crippen LogP contribution in [0.1, 0.15) is 5.69 Å². The highest BCUT2D eigenvalue weighted by atomic mass is 35.5. The molecule has 2 rings (SSSR count). The van der Waals surface area contributed by atoms with Gasteiger partial charge in [0.05, 0.1) is 12.1 Å². The van der Waals surface area contributed by atoms with Gasteiger partial charge in [0.1, 0.15) is 4.90 Å². The minimum Gasteiger partial charge on any atom is -0.481 e. The maximum Gasteiger partial charge on any atom is 0.265 e. The number of methoxy groups -OCH3 is 1. The van der Waals surface area contributed by atoms with Crippen LogP contribution in [0, 0.1) is 6.92 Å². The quantitative estimate of drug-likeness (QED) is 0.794. The lowest BCUT2D eigenvalue weighted by atomic mass is 10.4. The number of sulfonamides is 1. The second-order valence-corrected chi connectivity index (χ2v) is 6.83. The molecule has 0 aliphatic rings. The van der Waals surface area contributed by atoms with E-state index in [1.54, 1.807) is 25.1 Å². The Bertz CT molecular complexity index is 843. The molecule has 0 radical (unpaired) electrons. The number of hydrogen-bond donors (Lipinski definition) is 2. The third-order valence-corrected chi connectivity index (χ3v) is 4.80. The molecule has 0 unspecified atom stereocenters. The van der Waals surface area contributed by atoms with Gasteiger partial charge in [0.2, 0.25) is 11.8 Å². The summed E-state index contributed by atoms with van der Waals surface area (Å²) >= 11 is 10.9. The van der Waals surface area contributed by atoms with Crippen molar-refractivity contribution in [2.75, 3.05) is 12.4 Å². The number of hydrogen-bond acceptors (Lipinski definition) is 6. The van der Waals surface area contributed by atoms with Crippen molar-refractivity contribution >= 4 is 44.9 Å². The zero-order chi connectivity index (χ0) is 17.0. The lowest BCUT2D eigenvalue weighted by Crippen LogP contribution is -2.34. The molecule has 0 fully saturated rings. The first-order valence-electron chi connectivity index (χ1n) is 6.30. The molecule has 0 aliphatic heterocycles. The van der Waals surface area contributed by atoms with Gasteiger partial charge in [-0.3, -0.25) is 4.72 Å². The third kappa shape index (κ3) is 4.50. The lowest BCUT2D eigenvalue weighted by molar-refractivity contribution is 0.397. The van der Waals surface area contributed by atoms with E-state index in [0.717, 1.165) is 0 Å². The van der Waals surface area contributed by atoms with Crippen molar-refractivity contribution in [2.45, 2.75) is 11.8 Å². The summed E-state index contributed by atoms with van der Waals surface area (Å²) in [5.41, 5.74) is 0.635. The van der Waals surface area contributed by atoms with E-state index in [9.17, 15) is 8.42 Å². The topological polar surface area (TPSA) is 93.2 Å². The van der Waals surface area contributed by atoms with Crippen LogP contribution in [-0.4, -0.2) is 30.6 Å². The van der Waals surface area contributed by atoms with E-state index in [1.165, 1.54) is 19.2 Å². The third-order valence-electron chi connectivity index (χ3n) is 2.62. The van der Waals surface area contributed by atoms with Gasteiger partial charge in [-0.05, 0) is 31.3 Å². The van der Waals surface area contributed by atoms with Crippen LogP contribution >= 0.6 is 23.8 Å². The van der Waals surface area contributed by atoms with Gasteiger partial charge in [-0.25, -0.2) is 13.4 Å². The lowest BCUT2D eigenvalue weighted by Gasteiger charge is -2.11. The predicted octanol–water partition coefficient (Wildman–Crippen LogP) is 2.12. The Morgan fingerprint density at radius 1 is 1.30 bits per heavy atom. The molecular weight excluding hydrogens is 360 g/mol. The second-order valence-electron chi connectivity index (χ2n) is 4.37. The average Bonchev–Trinajstić information content (AvgIpc) is 2.46. The van der Waals surface area contributed by atoms with E-state index in [-0.39, 0.29) is 21.0 Å². The molecule has 2 N–H and O–H groups in total. The highest BCUT2D eigenvalue weighted by molar-refractivity contribution is 7.92. The normalized spacial score (nSPS) is 10.9. The van der Waals surface area contributed by atoms with Gasteiger partial charge in [-0.15, -0.1) is 0 Å². The van der Waals surface area contributed by atoms with E-state index < -0.39 is 10.0 Å². The molecule has 0 saturated carbocycles. The van der Waals surface area contributed by atoms with Crippen LogP contribution in [0.5, 0.6) is 5.88 Å². The van der Waals surface area contributed by atoms with Gasteiger partial charge in [-0.1, -0.05) is 23.7 Å². The summed E-state index contributed by atoms with van der Waals surface area (Å²) in [5, 5.41) is 2.51. The van der Waals surface area contributed by atoms with E-state index in [2.05, 4.69) is 20.0 Å². The molecular formula is C13H13ClN4O3S2. The Morgan fingerprint density at radius 2 is 2.00 bits per heavy atom. The first-order valence-corrected chi connectivity index (χ1v) is 8.57. The molecule has 23 heavy (non-hydrogen) atoms. The molecule has 0 saturated heterocycles. The molecule has 1 heterocycles. The van der Waals surface area contributed by atoms with Crippen LogP contribution in [0.15, 0.2) is 35.2 Å². The van der Waals surface area contributed by atoms with Gasteiger partial charge < -0.3 is 10.1 Å². The minimum atomic E-state index is -3.91. The van der Waals surface area contributed by atoms with E-state index in [1.807, 2.05) is 0 Å². The first-order chi connectivity index (χ1) is 10.8. The van der Waals surface area contributed by atoms with Crippen LogP contribution in [0.3, 0.4) is 0 Å². The van der Waals surface area contributed by atoms with Gasteiger partial charge in [0.15, 0.2) is 5.11 Å².